The van der Waals surface area contributed by atoms with Gasteiger partial charge in [-0.05, 0) is 58.6 Å². The molecule has 5 heteroatoms. The monoisotopic (exact) mass is 299 g/mol. The van der Waals surface area contributed by atoms with Crippen molar-refractivity contribution < 1.29 is 0 Å². The molecule has 0 amide bonds. The number of pyridine rings is 1. The molecule has 0 spiro atoms. The molecule has 2 aliphatic rings. The second-order valence-electron chi connectivity index (χ2n) is 6.95. The van der Waals surface area contributed by atoms with Crippen LogP contribution in [0.15, 0.2) is 18.3 Å². The highest BCUT2D eigenvalue weighted by atomic mass is 15.2. The first kappa shape index (κ1) is 14.2. The van der Waals surface area contributed by atoms with E-state index < -0.39 is 0 Å². The van der Waals surface area contributed by atoms with Crippen LogP contribution in [0.1, 0.15) is 31.0 Å². The maximum Gasteiger partial charge on any atom is 0.160 e. The maximum absolute atomic E-state index is 4.95. The van der Waals surface area contributed by atoms with Crippen molar-refractivity contribution in [2.75, 3.05) is 33.7 Å². The number of rotatable bonds is 3. The molecule has 5 nitrogen and oxygen atoms in total. The number of nitrogens with zero attached hydrogens (tertiary/aromatic N) is 5. The fraction of sp³-hybridized carbons (Fsp3) is 0.647. The summed E-state index contributed by atoms with van der Waals surface area (Å²) in [5.41, 5.74) is 2.11. The Balaban J connectivity index is 1.73. The van der Waals surface area contributed by atoms with Gasteiger partial charge in [0.05, 0.1) is 0 Å². The molecule has 2 saturated heterocycles. The third kappa shape index (κ3) is 2.42. The Morgan fingerprint density at radius 1 is 1.23 bits per heavy atom. The van der Waals surface area contributed by atoms with E-state index in [2.05, 4.69) is 39.5 Å². The van der Waals surface area contributed by atoms with Crippen LogP contribution in [0, 0.1) is 0 Å². The third-order valence-electron chi connectivity index (χ3n) is 5.35. The summed E-state index contributed by atoms with van der Waals surface area (Å²) < 4.78 is 2.41. The molecule has 2 fully saturated rings. The number of fused-ring (bicyclic) bond motifs is 1. The van der Waals surface area contributed by atoms with Gasteiger partial charge >= 0.3 is 0 Å². The van der Waals surface area contributed by atoms with E-state index in [0.29, 0.717) is 12.0 Å². The molecule has 2 atom stereocenters. The molecule has 2 aromatic rings. The van der Waals surface area contributed by atoms with E-state index in [1.807, 2.05) is 12.3 Å². The summed E-state index contributed by atoms with van der Waals surface area (Å²) >= 11 is 0. The Morgan fingerprint density at radius 3 is 2.86 bits per heavy atom. The smallest absolute Gasteiger partial charge is 0.160 e. The van der Waals surface area contributed by atoms with E-state index in [1.165, 1.54) is 38.2 Å². The van der Waals surface area contributed by atoms with Gasteiger partial charge in [0.1, 0.15) is 11.3 Å². The molecule has 4 heterocycles. The van der Waals surface area contributed by atoms with Gasteiger partial charge in [0.15, 0.2) is 5.65 Å². The Hall–Kier alpha value is -1.46. The van der Waals surface area contributed by atoms with E-state index in [4.69, 9.17) is 4.98 Å². The maximum atomic E-state index is 4.95. The van der Waals surface area contributed by atoms with Crippen molar-refractivity contribution in [3.05, 3.63) is 24.2 Å². The lowest BCUT2D eigenvalue weighted by molar-refractivity contribution is 0.280. The first-order chi connectivity index (χ1) is 10.7. The van der Waals surface area contributed by atoms with E-state index in [9.17, 15) is 0 Å². The van der Waals surface area contributed by atoms with Gasteiger partial charge in [-0.1, -0.05) is 0 Å². The molecule has 2 aliphatic heterocycles. The van der Waals surface area contributed by atoms with Gasteiger partial charge in [-0.2, -0.15) is 0 Å². The quantitative estimate of drug-likeness (QED) is 0.868. The Bertz CT molecular complexity index is 664. The molecule has 0 saturated carbocycles. The van der Waals surface area contributed by atoms with Gasteiger partial charge in [0.2, 0.25) is 0 Å². The number of likely N-dealkylation sites (N-methyl/N-ethyl adjacent to an activating group) is 2. The van der Waals surface area contributed by atoms with Gasteiger partial charge in [0.25, 0.3) is 0 Å². The molecule has 118 valence electrons. The molecule has 0 N–H and O–H groups in total. The van der Waals surface area contributed by atoms with Crippen molar-refractivity contribution in [1.29, 1.82) is 0 Å². The van der Waals surface area contributed by atoms with Crippen LogP contribution in [-0.4, -0.2) is 64.1 Å². The second-order valence-corrected chi connectivity index (χ2v) is 6.95. The van der Waals surface area contributed by atoms with Crippen LogP contribution in [0.2, 0.25) is 0 Å². The number of aromatic nitrogens is 3. The fourth-order valence-corrected chi connectivity index (χ4v) is 4.03. The molecule has 0 radical (unpaired) electrons. The minimum atomic E-state index is 0.547. The zero-order chi connectivity index (χ0) is 15.1. The fourth-order valence-electron chi connectivity index (χ4n) is 4.03. The molecule has 0 aliphatic carbocycles. The lowest BCUT2D eigenvalue weighted by atomic mass is 10.1. The van der Waals surface area contributed by atoms with Gasteiger partial charge in [0, 0.05) is 31.2 Å². The third-order valence-corrected chi connectivity index (χ3v) is 5.35. The summed E-state index contributed by atoms with van der Waals surface area (Å²) in [5, 5.41) is 0. The van der Waals surface area contributed by atoms with E-state index >= 15 is 0 Å². The van der Waals surface area contributed by atoms with Crippen LogP contribution in [0.25, 0.3) is 11.2 Å². The summed E-state index contributed by atoms with van der Waals surface area (Å²) in [6, 6.07) is 4.71. The van der Waals surface area contributed by atoms with E-state index in [-0.39, 0.29) is 0 Å². The zero-order valence-corrected chi connectivity index (χ0v) is 13.6. The highest BCUT2D eigenvalue weighted by Gasteiger charge is 2.29. The summed E-state index contributed by atoms with van der Waals surface area (Å²) in [7, 11) is 4.45. The highest BCUT2D eigenvalue weighted by Crippen LogP contribution is 2.29. The largest absolute Gasteiger partial charge is 0.311 e. The number of likely N-dealkylation sites (tertiary alicyclic amines) is 2. The average molecular weight is 299 g/mol. The van der Waals surface area contributed by atoms with Crippen molar-refractivity contribution in [1.82, 2.24) is 24.3 Å². The minimum Gasteiger partial charge on any atom is -0.311 e. The number of hydrogen-bond acceptors (Lipinski definition) is 4. The topological polar surface area (TPSA) is 37.2 Å². The predicted molar refractivity (Wildman–Crippen MR) is 88.0 cm³/mol. The van der Waals surface area contributed by atoms with Crippen LogP contribution in [-0.2, 0) is 6.54 Å². The molecule has 2 unspecified atom stereocenters. The number of imidazole rings is 1. The summed E-state index contributed by atoms with van der Waals surface area (Å²) in [5.74, 6) is 1.80. The van der Waals surface area contributed by atoms with Gasteiger partial charge in [-0.25, -0.2) is 9.97 Å². The molecule has 2 aromatic heterocycles. The van der Waals surface area contributed by atoms with Crippen LogP contribution < -0.4 is 0 Å². The summed E-state index contributed by atoms with van der Waals surface area (Å²) in [6.07, 6.45) is 5.69. The molecule has 0 bridgehead atoms. The van der Waals surface area contributed by atoms with Gasteiger partial charge in [-0.15, -0.1) is 0 Å². The molecular weight excluding hydrogens is 274 g/mol. The van der Waals surface area contributed by atoms with Gasteiger partial charge in [-0.3, -0.25) is 0 Å². The van der Waals surface area contributed by atoms with Crippen LogP contribution in [0.5, 0.6) is 0 Å². The van der Waals surface area contributed by atoms with Crippen LogP contribution in [0.4, 0.5) is 0 Å². The molecular formula is C17H25N5. The predicted octanol–water partition coefficient (Wildman–Crippen LogP) is 1.94. The van der Waals surface area contributed by atoms with Crippen LogP contribution >= 0.6 is 0 Å². The number of hydrogen-bond donors (Lipinski definition) is 0. The van der Waals surface area contributed by atoms with Gasteiger partial charge < -0.3 is 14.4 Å². The summed E-state index contributed by atoms with van der Waals surface area (Å²) in [4.78, 5) is 14.5. The average Bonchev–Trinajstić information content (AvgIpc) is 3.20. The molecule has 4 rings (SSSR count). The normalized spacial score (nSPS) is 27.2. The van der Waals surface area contributed by atoms with Crippen molar-refractivity contribution in [3.63, 3.8) is 0 Å². The van der Waals surface area contributed by atoms with E-state index in [0.717, 1.165) is 24.3 Å². The Morgan fingerprint density at radius 2 is 2.14 bits per heavy atom. The Labute approximate surface area is 131 Å². The first-order valence-corrected chi connectivity index (χ1v) is 8.42. The lowest BCUT2D eigenvalue weighted by Gasteiger charge is -2.22. The van der Waals surface area contributed by atoms with E-state index in [1.54, 1.807) is 0 Å². The molecule has 0 aromatic carbocycles. The zero-order valence-electron chi connectivity index (χ0n) is 13.6. The Kier molecular flexibility index (Phi) is 3.62. The first-order valence-electron chi connectivity index (χ1n) is 8.42. The minimum absolute atomic E-state index is 0.547. The van der Waals surface area contributed by atoms with Crippen molar-refractivity contribution in [3.8, 4) is 0 Å². The highest BCUT2D eigenvalue weighted by molar-refractivity contribution is 5.71. The second kappa shape index (κ2) is 5.63. The van der Waals surface area contributed by atoms with Crippen LogP contribution in [0.3, 0.4) is 0 Å². The lowest BCUT2D eigenvalue weighted by Crippen LogP contribution is -2.30. The van der Waals surface area contributed by atoms with Crippen molar-refractivity contribution >= 4 is 11.2 Å². The van der Waals surface area contributed by atoms with Crippen molar-refractivity contribution in [2.45, 2.75) is 37.8 Å². The molecule has 22 heavy (non-hydrogen) atoms. The van der Waals surface area contributed by atoms with Crippen molar-refractivity contribution in [2.24, 2.45) is 0 Å². The summed E-state index contributed by atoms with van der Waals surface area (Å²) in [6.45, 7) is 4.53. The standard InChI is InChI=1S/C17H25N5/c1-20-10-7-13(11-20)16-19-15-6-3-8-18-17(15)22(16)12-14-5-4-9-21(14)2/h3,6,8,13-14H,4-5,7,9-12H2,1-2H3. The SMILES string of the molecule is CN1CCC(c2nc3cccnc3n2CC2CCCN2C)C1.